The van der Waals surface area contributed by atoms with Crippen molar-refractivity contribution in [2.75, 3.05) is 26.2 Å². The Kier molecular flexibility index (Phi) is 4.46. The summed E-state index contributed by atoms with van der Waals surface area (Å²) in [5.74, 6) is 0. The summed E-state index contributed by atoms with van der Waals surface area (Å²) in [7, 11) is 0. The fourth-order valence-electron chi connectivity index (χ4n) is 2.37. The fourth-order valence-corrected chi connectivity index (χ4v) is 2.37. The Balaban J connectivity index is 0.000000845. The number of piperazine rings is 1. The van der Waals surface area contributed by atoms with Crippen LogP contribution in [0.1, 0.15) is 19.3 Å². The van der Waals surface area contributed by atoms with Crippen molar-refractivity contribution in [3.63, 3.8) is 0 Å². The number of nitrogens with zero attached hydrogens (tertiary/aromatic N) is 1. The van der Waals surface area contributed by atoms with Crippen LogP contribution in [-0.4, -0.2) is 48.3 Å². The lowest BCUT2D eigenvalue weighted by atomic mass is 10.2. The van der Waals surface area contributed by atoms with Gasteiger partial charge in [-0.15, -0.1) is 12.4 Å². The minimum Gasteiger partial charge on any atom is -0.396 e. The molecule has 2 aliphatic rings. The Hall–Kier alpha value is 0.170. The van der Waals surface area contributed by atoms with Crippen LogP contribution in [-0.2, 0) is 0 Å². The third-order valence-electron chi connectivity index (χ3n) is 2.92. The molecule has 0 saturated carbocycles. The zero-order valence-electron chi connectivity index (χ0n) is 7.91. The lowest BCUT2D eigenvalue weighted by Crippen LogP contribution is -2.51. The van der Waals surface area contributed by atoms with E-state index in [1.54, 1.807) is 0 Å². The highest BCUT2D eigenvalue weighted by Crippen LogP contribution is 2.19. The van der Waals surface area contributed by atoms with E-state index in [0.29, 0.717) is 6.61 Å². The number of likely N-dealkylation sites (tertiary alicyclic amines) is 1. The van der Waals surface area contributed by atoms with Gasteiger partial charge in [-0.3, -0.25) is 0 Å². The van der Waals surface area contributed by atoms with E-state index in [0.717, 1.165) is 25.0 Å². The van der Waals surface area contributed by atoms with Gasteiger partial charge in [0.05, 0.1) is 0 Å². The van der Waals surface area contributed by atoms with Gasteiger partial charge in [0.1, 0.15) is 0 Å². The monoisotopic (exact) mass is 206 g/mol. The van der Waals surface area contributed by atoms with Crippen LogP contribution in [0.5, 0.6) is 0 Å². The normalized spacial score (nSPS) is 33.0. The van der Waals surface area contributed by atoms with Crippen LogP contribution in [0.25, 0.3) is 0 Å². The van der Waals surface area contributed by atoms with Gasteiger partial charge in [-0.05, 0) is 19.3 Å². The molecule has 3 nitrogen and oxygen atoms in total. The van der Waals surface area contributed by atoms with Crippen LogP contribution >= 0.6 is 12.4 Å². The second kappa shape index (κ2) is 5.15. The molecule has 2 unspecified atom stereocenters. The number of rotatable bonds is 3. The predicted octanol–water partition coefficient (Wildman–Crippen LogP) is 0.227. The van der Waals surface area contributed by atoms with E-state index in [-0.39, 0.29) is 12.4 Å². The van der Waals surface area contributed by atoms with Gasteiger partial charge >= 0.3 is 0 Å². The van der Waals surface area contributed by atoms with Gasteiger partial charge in [0.2, 0.25) is 0 Å². The molecule has 2 rings (SSSR count). The van der Waals surface area contributed by atoms with Gasteiger partial charge in [0, 0.05) is 38.3 Å². The van der Waals surface area contributed by atoms with E-state index >= 15 is 0 Å². The smallest absolute Gasteiger partial charge is 0.0443 e. The summed E-state index contributed by atoms with van der Waals surface area (Å²) in [5.41, 5.74) is 0. The molecule has 2 bridgehead atoms. The maximum Gasteiger partial charge on any atom is 0.0443 e. The molecule has 2 atom stereocenters. The summed E-state index contributed by atoms with van der Waals surface area (Å²) in [4.78, 5) is 2.48. The standard InChI is InChI=1S/C9H18N2O.ClH/c12-5-1-4-11-6-8-2-3-9(7-11)10-8;/h8-10,12H,1-7H2;1H. The maximum atomic E-state index is 8.70. The highest BCUT2D eigenvalue weighted by Gasteiger charge is 2.31. The number of fused-ring (bicyclic) bond motifs is 2. The molecule has 2 fully saturated rings. The highest BCUT2D eigenvalue weighted by molar-refractivity contribution is 5.85. The quantitative estimate of drug-likeness (QED) is 0.694. The van der Waals surface area contributed by atoms with Crippen molar-refractivity contribution >= 4 is 12.4 Å². The van der Waals surface area contributed by atoms with E-state index in [9.17, 15) is 0 Å². The SMILES string of the molecule is Cl.OCCCN1CC2CCC(C1)N2. The van der Waals surface area contributed by atoms with Gasteiger partial charge in [-0.1, -0.05) is 0 Å². The fraction of sp³-hybridized carbons (Fsp3) is 1.00. The number of nitrogens with one attached hydrogen (secondary N) is 1. The van der Waals surface area contributed by atoms with Crippen LogP contribution in [0, 0.1) is 0 Å². The molecule has 78 valence electrons. The number of aliphatic hydroxyl groups excluding tert-OH is 1. The predicted molar refractivity (Wildman–Crippen MR) is 55.3 cm³/mol. The third-order valence-corrected chi connectivity index (χ3v) is 2.92. The number of hydrogen-bond acceptors (Lipinski definition) is 3. The summed E-state index contributed by atoms with van der Waals surface area (Å²) in [6.07, 6.45) is 3.63. The number of hydrogen-bond donors (Lipinski definition) is 2. The van der Waals surface area contributed by atoms with Crippen LogP contribution in [0.3, 0.4) is 0 Å². The Morgan fingerprint density at radius 1 is 1.23 bits per heavy atom. The summed E-state index contributed by atoms with van der Waals surface area (Å²) in [6, 6.07) is 1.48. The first kappa shape index (κ1) is 11.2. The minimum absolute atomic E-state index is 0. The largest absolute Gasteiger partial charge is 0.396 e. The van der Waals surface area contributed by atoms with Crippen LogP contribution in [0.15, 0.2) is 0 Å². The molecule has 0 amide bonds. The summed E-state index contributed by atoms with van der Waals surface area (Å²) >= 11 is 0. The third kappa shape index (κ3) is 2.81. The van der Waals surface area contributed by atoms with Gasteiger partial charge in [-0.2, -0.15) is 0 Å². The zero-order chi connectivity index (χ0) is 8.39. The molecule has 0 spiro atoms. The van der Waals surface area contributed by atoms with Crippen molar-refractivity contribution < 1.29 is 5.11 Å². The Bertz CT molecular complexity index is 145. The first-order valence-electron chi connectivity index (χ1n) is 4.98. The van der Waals surface area contributed by atoms with Gasteiger partial charge in [-0.25, -0.2) is 0 Å². The molecule has 13 heavy (non-hydrogen) atoms. The second-order valence-electron chi connectivity index (χ2n) is 3.97. The molecule has 2 heterocycles. The van der Waals surface area contributed by atoms with Gasteiger partial charge in [0.15, 0.2) is 0 Å². The topological polar surface area (TPSA) is 35.5 Å². The molecular formula is C9H19ClN2O. The molecule has 0 radical (unpaired) electrons. The van der Waals surface area contributed by atoms with Crippen molar-refractivity contribution in [1.29, 1.82) is 0 Å². The summed E-state index contributed by atoms with van der Waals surface area (Å²) in [5, 5.41) is 12.3. The molecule has 0 aromatic rings. The average molecular weight is 207 g/mol. The maximum absolute atomic E-state index is 8.70. The van der Waals surface area contributed by atoms with Gasteiger partial charge < -0.3 is 15.3 Å². The van der Waals surface area contributed by atoms with Crippen molar-refractivity contribution in [2.45, 2.75) is 31.3 Å². The van der Waals surface area contributed by atoms with Crippen LogP contribution in [0.2, 0.25) is 0 Å². The van der Waals surface area contributed by atoms with E-state index in [1.807, 2.05) is 0 Å². The van der Waals surface area contributed by atoms with Crippen LogP contribution in [0.4, 0.5) is 0 Å². The van der Waals surface area contributed by atoms with Crippen LogP contribution < -0.4 is 5.32 Å². The summed E-state index contributed by atoms with van der Waals surface area (Å²) < 4.78 is 0. The molecule has 0 aromatic heterocycles. The highest BCUT2D eigenvalue weighted by atomic mass is 35.5. The zero-order valence-corrected chi connectivity index (χ0v) is 8.72. The van der Waals surface area contributed by atoms with Crippen molar-refractivity contribution in [3.8, 4) is 0 Å². The lowest BCUT2D eigenvalue weighted by molar-refractivity contribution is 0.176. The van der Waals surface area contributed by atoms with Crippen molar-refractivity contribution in [3.05, 3.63) is 0 Å². The Labute approximate surface area is 85.9 Å². The molecule has 0 aliphatic carbocycles. The summed E-state index contributed by atoms with van der Waals surface area (Å²) in [6.45, 7) is 3.79. The molecule has 2 saturated heterocycles. The molecule has 0 aromatic carbocycles. The van der Waals surface area contributed by atoms with E-state index in [1.165, 1.54) is 25.9 Å². The first-order valence-corrected chi connectivity index (χ1v) is 4.98. The van der Waals surface area contributed by atoms with E-state index in [4.69, 9.17) is 5.11 Å². The first-order chi connectivity index (χ1) is 5.88. The number of halogens is 1. The van der Waals surface area contributed by atoms with Crippen molar-refractivity contribution in [1.82, 2.24) is 10.2 Å². The molecule has 4 heteroatoms. The lowest BCUT2D eigenvalue weighted by Gasteiger charge is -2.32. The van der Waals surface area contributed by atoms with E-state index in [2.05, 4.69) is 10.2 Å². The molecule has 2 aliphatic heterocycles. The van der Waals surface area contributed by atoms with Crippen molar-refractivity contribution in [2.24, 2.45) is 0 Å². The second-order valence-corrected chi connectivity index (χ2v) is 3.97. The Morgan fingerprint density at radius 3 is 2.38 bits per heavy atom. The minimum atomic E-state index is 0. The number of aliphatic hydroxyl groups is 1. The average Bonchev–Trinajstić information content (AvgIpc) is 2.42. The van der Waals surface area contributed by atoms with Gasteiger partial charge in [0.25, 0.3) is 0 Å². The van der Waals surface area contributed by atoms with E-state index < -0.39 is 0 Å². The molecular weight excluding hydrogens is 188 g/mol. The Morgan fingerprint density at radius 2 is 1.85 bits per heavy atom. The molecule has 2 N–H and O–H groups in total.